The summed E-state index contributed by atoms with van der Waals surface area (Å²) >= 11 is 0. The SMILES string of the molecule is O[C@@H](c1ccccc1)c1ccc2c(c1)OCO2. The summed E-state index contributed by atoms with van der Waals surface area (Å²) in [6.45, 7) is 0.250. The second kappa shape index (κ2) is 4.11. The van der Waals surface area contributed by atoms with Crippen molar-refractivity contribution in [2.45, 2.75) is 6.10 Å². The fourth-order valence-electron chi connectivity index (χ4n) is 1.91. The highest BCUT2D eigenvalue weighted by Crippen LogP contribution is 2.35. The van der Waals surface area contributed by atoms with Crippen molar-refractivity contribution in [2.75, 3.05) is 6.79 Å². The van der Waals surface area contributed by atoms with Gasteiger partial charge in [0.05, 0.1) is 0 Å². The molecule has 0 radical (unpaired) electrons. The highest BCUT2D eigenvalue weighted by Gasteiger charge is 2.17. The zero-order valence-corrected chi connectivity index (χ0v) is 9.17. The van der Waals surface area contributed by atoms with Gasteiger partial charge in [-0.15, -0.1) is 0 Å². The van der Waals surface area contributed by atoms with Gasteiger partial charge in [-0.25, -0.2) is 0 Å². The summed E-state index contributed by atoms with van der Waals surface area (Å²) in [5.41, 5.74) is 1.67. The Morgan fingerprint density at radius 3 is 2.47 bits per heavy atom. The lowest BCUT2D eigenvalue weighted by Gasteiger charge is -2.11. The molecule has 0 spiro atoms. The van der Waals surface area contributed by atoms with Gasteiger partial charge in [-0.05, 0) is 23.3 Å². The van der Waals surface area contributed by atoms with Gasteiger partial charge in [0.25, 0.3) is 0 Å². The van der Waals surface area contributed by atoms with Crippen LogP contribution in [0.15, 0.2) is 48.5 Å². The van der Waals surface area contributed by atoms with E-state index in [-0.39, 0.29) is 6.79 Å². The number of fused-ring (bicyclic) bond motifs is 1. The van der Waals surface area contributed by atoms with Gasteiger partial charge in [0, 0.05) is 0 Å². The van der Waals surface area contributed by atoms with Crippen LogP contribution in [0.1, 0.15) is 17.2 Å². The summed E-state index contributed by atoms with van der Waals surface area (Å²) < 4.78 is 10.5. The third kappa shape index (κ3) is 1.85. The van der Waals surface area contributed by atoms with Crippen molar-refractivity contribution in [1.29, 1.82) is 0 Å². The molecule has 0 bridgehead atoms. The molecule has 3 nitrogen and oxygen atoms in total. The molecule has 2 aromatic carbocycles. The van der Waals surface area contributed by atoms with Crippen molar-refractivity contribution >= 4 is 0 Å². The lowest BCUT2D eigenvalue weighted by Crippen LogP contribution is -1.99. The second-order valence-corrected chi connectivity index (χ2v) is 3.93. The topological polar surface area (TPSA) is 38.7 Å². The molecular formula is C14H12O3. The van der Waals surface area contributed by atoms with Crippen LogP contribution < -0.4 is 9.47 Å². The van der Waals surface area contributed by atoms with E-state index in [1.165, 1.54) is 0 Å². The molecule has 0 amide bonds. The quantitative estimate of drug-likeness (QED) is 0.858. The first-order valence-electron chi connectivity index (χ1n) is 5.47. The summed E-state index contributed by atoms with van der Waals surface area (Å²) in [7, 11) is 0. The number of benzene rings is 2. The minimum atomic E-state index is -0.634. The smallest absolute Gasteiger partial charge is 0.231 e. The average molecular weight is 228 g/mol. The summed E-state index contributed by atoms with van der Waals surface area (Å²) in [4.78, 5) is 0. The Morgan fingerprint density at radius 1 is 0.882 bits per heavy atom. The molecule has 3 heteroatoms. The maximum atomic E-state index is 10.2. The maximum Gasteiger partial charge on any atom is 0.231 e. The van der Waals surface area contributed by atoms with Crippen LogP contribution in [0.25, 0.3) is 0 Å². The number of aliphatic hydroxyl groups is 1. The van der Waals surface area contributed by atoms with Gasteiger partial charge in [0.15, 0.2) is 11.5 Å². The molecule has 86 valence electrons. The van der Waals surface area contributed by atoms with Gasteiger partial charge >= 0.3 is 0 Å². The molecule has 1 atom stereocenters. The Kier molecular flexibility index (Phi) is 2.46. The third-order valence-corrected chi connectivity index (χ3v) is 2.83. The van der Waals surface area contributed by atoms with Crippen molar-refractivity contribution in [2.24, 2.45) is 0 Å². The van der Waals surface area contributed by atoms with E-state index in [1.54, 1.807) is 0 Å². The Morgan fingerprint density at radius 2 is 1.65 bits per heavy atom. The molecule has 1 N–H and O–H groups in total. The van der Waals surface area contributed by atoms with Gasteiger partial charge in [0.1, 0.15) is 6.10 Å². The Balaban J connectivity index is 1.94. The molecule has 0 unspecified atom stereocenters. The fourth-order valence-corrected chi connectivity index (χ4v) is 1.91. The largest absolute Gasteiger partial charge is 0.454 e. The highest BCUT2D eigenvalue weighted by molar-refractivity contribution is 5.46. The predicted molar refractivity (Wildman–Crippen MR) is 63.1 cm³/mol. The maximum absolute atomic E-state index is 10.2. The Bertz CT molecular complexity index is 522. The van der Waals surface area contributed by atoms with Crippen LogP contribution >= 0.6 is 0 Å². The number of aliphatic hydroxyl groups excluding tert-OH is 1. The van der Waals surface area contributed by atoms with Gasteiger partial charge in [-0.2, -0.15) is 0 Å². The summed E-state index contributed by atoms with van der Waals surface area (Å²) in [6.07, 6.45) is -0.634. The van der Waals surface area contributed by atoms with Gasteiger partial charge in [-0.3, -0.25) is 0 Å². The van der Waals surface area contributed by atoms with E-state index < -0.39 is 6.10 Å². The van der Waals surface area contributed by atoms with Crippen molar-refractivity contribution in [3.05, 3.63) is 59.7 Å². The first kappa shape index (κ1) is 10.2. The molecule has 1 aliphatic rings. The number of ether oxygens (including phenoxy) is 2. The van der Waals surface area contributed by atoms with E-state index in [4.69, 9.17) is 9.47 Å². The zero-order chi connectivity index (χ0) is 11.7. The van der Waals surface area contributed by atoms with E-state index in [2.05, 4.69) is 0 Å². The Hall–Kier alpha value is -2.00. The van der Waals surface area contributed by atoms with E-state index in [1.807, 2.05) is 48.5 Å². The van der Waals surface area contributed by atoms with Crippen LogP contribution in [0.4, 0.5) is 0 Å². The molecule has 0 aliphatic carbocycles. The molecule has 0 fully saturated rings. The van der Waals surface area contributed by atoms with Gasteiger partial charge in [-0.1, -0.05) is 36.4 Å². The molecule has 3 rings (SSSR count). The van der Waals surface area contributed by atoms with Crippen LogP contribution in [-0.2, 0) is 0 Å². The molecule has 1 heterocycles. The number of hydrogen-bond acceptors (Lipinski definition) is 3. The first-order valence-corrected chi connectivity index (χ1v) is 5.47. The van der Waals surface area contributed by atoms with E-state index >= 15 is 0 Å². The monoisotopic (exact) mass is 228 g/mol. The Labute approximate surface area is 99.2 Å². The van der Waals surface area contributed by atoms with Crippen LogP contribution in [0.5, 0.6) is 11.5 Å². The molecular weight excluding hydrogens is 216 g/mol. The third-order valence-electron chi connectivity index (χ3n) is 2.83. The minimum absolute atomic E-state index is 0.250. The van der Waals surface area contributed by atoms with E-state index in [0.717, 1.165) is 16.9 Å². The van der Waals surface area contributed by atoms with Crippen molar-refractivity contribution in [1.82, 2.24) is 0 Å². The predicted octanol–water partition coefficient (Wildman–Crippen LogP) is 2.50. The lowest BCUT2D eigenvalue weighted by atomic mass is 10.0. The fraction of sp³-hybridized carbons (Fsp3) is 0.143. The highest BCUT2D eigenvalue weighted by atomic mass is 16.7. The van der Waals surface area contributed by atoms with Crippen molar-refractivity contribution in [3.8, 4) is 11.5 Å². The molecule has 2 aromatic rings. The first-order chi connectivity index (χ1) is 8.34. The normalized spacial score (nSPS) is 14.6. The van der Waals surface area contributed by atoms with E-state index in [0.29, 0.717) is 5.75 Å². The van der Waals surface area contributed by atoms with Crippen LogP contribution in [0.2, 0.25) is 0 Å². The van der Waals surface area contributed by atoms with Crippen molar-refractivity contribution in [3.63, 3.8) is 0 Å². The molecule has 17 heavy (non-hydrogen) atoms. The summed E-state index contributed by atoms with van der Waals surface area (Å²) in [5.74, 6) is 1.42. The minimum Gasteiger partial charge on any atom is -0.454 e. The second-order valence-electron chi connectivity index (χ2n) is 3.93. The number of rotatable bonds is 2. The summed E-state index contributed by atoms with van der Waals surface area (Å²) in [5, 5.41) is 10.2. The molecule has 1 aliphatic heterocycles. The van der Waals surface area contributed by atoms with Crippen LogP contribution in [0, 0.1) is 0 Å². The number of hydrogen-bond donors (Lipinski definition) is 1. The lowest BCUT2D eigenvalue weighted by molar-refractivity contribution is 0.173. The zero-order valence-electron chi connectivity index (χ0n) is 9.17. The van der Waals surface area contributed by atoms with E-state index in [9.17, 15) is 5.11 Å². The average Bonchev–Trinajstić information content (AvgIpc) is 2.86. The summed E-state index contributed by atoms with van der Waals surface area (Å²) in [6, 6.07) is 15.0. The van der Waals surface area contributed by atoms with Gasteiger partial charge < -0.3 is 14.6 Å². The van der Waals surface area contributed by atoms with Gasteiger partial charge in [0.2, 0.25) is 6.79 Å². The molecule has 0 aromatic heterocycles. The standard InChI is InChI=1S/C14H12O3/c15-14(10-4-2-1-3-5-10)11-6-7-12-13(8-11)17-9-16-12/h1-8,14-15H,9H2/t14-/m0/s1. The van der Waals surface area contributed by atoms with Crippen LogP contribution in [0.3, 0.4) is 0 Å². The van der Waals surface area contributed by atoms with Crippen LogP contribution in [-0.4, -0.2) is 11.9 Å². The molecule has 0 saturated heterocycles. The van der Waals surface area contributed by atoms with Crippen molar-refractivity contribution < 1.29 is 14.6 Å². The molecule has 0 saturated carbocycles.